The number of anilines is 2. The summed E-state index contributed by atoms with van der Waals surface area (Å²) in [5.74, 6) is 0.0187. The van der Waals surface area contributed by atoms with Crippen molar-refractivity contribution in [1.29, 1.82) is 0 Å². The molecule has 4 aromatic rings. The van der Waals surface area contributed by atoms with E-state index in [9.17, 15) is 24.0 Å². The molecule has 10 atom stereocenters. The van der Waals surface area contributed by atoms with Gasteiger partial charge in [0.25, 0.3) is 0 Å². The number of aliphatic hydroxyl groups is 1. The fourth-order valence-electron chi connectivity index (χ4n) is 5.06. The molecule has 0 saturated carbocycles. The Morgan fingerprint density at radius 3 is 2.07 bits per heavy atom. The number of halogens is 2. The topological polar surface area (TPSA) is 280 Å². The van der Waals surface area contributed by atoms with E-state index in [1.54, 1.807) is 0 Å². The monoisotopic (exact) mass is 678 g/mol. The third-order valence-corrected chi connectivity index (χ3v) is 8.49. The van der Waals surface area contributed by atoms with Crippen molar-refractivity contribution in [3.63, 3.8) is 0 Å². The van der Waals surface area contributed by atoms with Crippen LogP contribution in [-0.4, -0.2) is 110 Å². The number of rotatable bonds is 11. The molecule has 7 N–H and O–H groups in total. The summed E-state index contributed by atoms with van der Waals surface area (Å²) < 4.78 is 84.7. The number of nitrogens with two attached hydrogens (primary N) is 2. The van der Waals surface area contributed by atoms with Crippen molar-refractivity contribution in [2.45, 2.75) is 49.2 Å². The Bertz CT molecular complexity index is 1770. The molecule has 6 rings (SSSR count). The second kappa shape index (κ2) is 12.5. The molecule has 2 aliphatic rings. The van der Waals surface area contributed by atoms with Gasteiger partial charge < -0.3 is 40.6 Å². The summed E-state index contributed by atoms with van der Waals surface area (Å²) in [5, 5.41) is 9.62. The molecule has 2 aliphatic heterocycles. The Hall–Kier alpha value is -3.30. The van der Waals surface area contributed by atoms with Crippen LogP contribution in [0.15, 0.2) is 25.3 Å². The minimum atomic E-state index is -5.20. The maximum atomic E-state index is 15.7. The summed E-state index contributed by atoms with van der Waals surface area (Å²) in [5.41, 5.74) is 12.1. The normalized spacial score (nSPS) is 30.7. The second-order valence-electron chi connectivity index (χ2n) is 9.87. The number of hydrogen-bond donors (Lipinski definition) is 5. The van der Waals surface area contributed by atoms with Crippen molar-refractivity contribution in [2.24, 2.45) is 0 Å². The van der Waals surface area contributed by atoms with Crippen molar-refractivity contribution >= 4 is 49.8 Å². The number of aliphatic hydroxyl groups excluding tert-OH is 1. The molecule has 244 valence electrons. The molecule has 6 unspecified atom stereocenters. The van der Waals surface area contributed by atoms with Crippen LogP contribution in [0, 0.1) is 0 Å². The third kappa shape index (κ3) is 6.01. The fraction of sp³-hybridized carbons (Fsp3) is 0.524. The van der Waals surface area contributed by atoms with Gasteiger partial charge in [0.2, 0.25) is 8.03 Å². The van der Waals surface area contributed by atoms with Gasteiger partial charge in [-0.15, -0.1) is 0 Å². The molecule has 0 aliphatic carbocycles. The average molecular weight is 678 g/mol. The number of nitrogen functional groups attached to an aromatic ring is 2. The van der Waals surface area contributed by atoms with Crippen LogP contribution in [0.25, 0.3) is 22.3 Å². The van der Waals surface area contributed by atoms with E-state index in [2.05, 4.69) is 29.9 Å². The highest BCUT2D eigenvalue weighted by molar-refractivity contribution is 7.47. The summed E-state index contributed by atoms with van der Waals surface area (Å²) in [4.78, 5) is 43.7. The minimum absolute atomic E-state index is 0.00440. The third-order valence-electron chi connectivity index (χ3n) is 7.09. The van der Waals surface area contributed by atoms with E-state index in [-0.39, 0.29) is 34.0 Å². The van der Waals surface area contributed by atoms with Gasteiger partial charge in [-0.3, -0.25) is 22.7 Å². The number of fused-ring (bicyclic) bond motifs is 2. The number of ether oxygens (including phenoxy) is 3. The van der Waals surface area contributed by atoms with Crippen LogP contribution < -0.4 is 11.5 Å². The van der Waals surface area contributed by atoms with Crippen LogP contribution in [0.3, 0.4) is 0 Å². The maximum absolute atomic E-state index is 15.7. The maximum Gasteiger partial charge on any atom is 0.472 e. The lowest BCUT2D eigenvalue weighted by Gasteiger charge is -2.24. The van der Waals surface area contributed by atoms with Gasteiger partial charge in [-0.25, -0.2) is 43.2 Å². The summed E-state index contributed by atoms with van der Waals surface area (Å²) in [6.45, 7) is -1.67. The van der Waals surface area contributed by atoms with Gasteiger partial charge in [-0.1, -0.05) is 0 Å². The van der Waals surface area contributed by atoms with Crippen molar-refractivity contribution in [1.82, 2.24) is 39.0 Å². The number of nitrogens with zero attached hydrogens (tertiary/aromatic N) is 8. The first kappa shape index (κ1) is 31.7. The molecule has 45 heavy (non-hydrogen) atoms. The zero-order chi connectivity index (χ0) is 32.0. The molecule has 0 amide bonds. The van der Waals surface area contributed by atoms with E-state index >= 15 is 8.78 Å². The quantitative estimate of drug-likeness (QED) is 0.126. The Labute approximate surface area is 250 Å². The number of phosphoric ester groups is 1. The van der Waals surface area contributed by atoms with Gasteiger partial charge in [0.15, 0.2) is 47.7 Å². The van der Waals surface area contributed by atoms with Crippen LogP contribution in [0.5, 0.6) is 0 Å². The predicted molar refractivity (Wildman–Crippen MR) is 146 cm³/mol. The number of alkyl halides is 2. The first-order valence-corrected chi connectivity index (χ1v) is 16.1. The molecule has 4 aromatic heterocycles. The Kier molecular flexibility index (Phi) is 8.78. The summed E-state index contributed by atoms with van der Waals surface area (Å²) >= 11 is 0. The van der Waals surface area contributed by atoms with Crippen LogP contribution >= 0.6 is 15.9 Å². The van der Waals surface area contributed by atoms with Crippen LogP contribution in [0.2, 0.25) is 0 Å². The molecular formula is C21H26F2N10O10P2. The summed E-state index contributed by atoms with van der Waals surface area (Å²) in [7, 11) is -8.42. The van der Waals surface area contributed by atoms with E-state index in [1.807, 2.05) is 0 Å². The molecule has 24 heteroatoms. The highest BCUT2D eigenvalue weighted by atomic mass is 31.2. The Balaban J connectivity index is 1.21. The first-order valence-electron chi connectivity index (χ1n) is 13.0. The van der Waals surface area contributed by atoms with Gasteiger partial charge in [-0.2, -0.15) is 0 Å². The van der Waals surface area contributed by atoms with E-state index in [0.717, 1.165) is 12.7 Å². The SMILES string of the molecule is Nc1ncnc2c1ncn2[C@@H]1O[C@H](COP(=O)(O)OC2C(F)[C@@H](CO)O[C@H]2n2cnc3c(N)ncnc32)C(OC[PH](=O)O)C1F. The minimum Gasteiger partial charge on any atom is -0.394 e. The largest absolute Gasteiger partial charge is 0.472 e. The number of aromatic nitrogens is 8. The molecule has 0 radical (unpaired) electrons. The zero-order valence-electron chi connectivity index (χ0n) is 22.7. The molecule has 2 saturated heterocycles. The van der Waals surface area contributed by atoms with E-state index in [4.69, 9.17) is 34.7 Å². The first-order chi connectivity index (χ1) is 21.5. The number of phosphoric acid groups is 1. The van der Waals surface area contributed by atoms with Crippen molar-refractivity contribution < 1.29 is 56.1 Å². The lowest BCUT2D eigenvalue weighted by atomic mass is 10.1. The molecule has 0 aromatic carbocycles. The van der Waals surface area contributed by atoms with Crippen molar-refractivity contribution in [3.8, 4) is 0 Å². The molecular weight excluding hydrogens is 652 g/mol. The molecule has 2 fully saturated rings. The molecule has 6 heterocycles. The van der Waals surface area contributed by atoms with Gasteiger partial charge in [-0.05, 0) is 0 Å². The van der Waals surface area contributed by atoms with Crippen molar-refractivity contribution in [2.75, 3.05) is 31.0 Å². The number of imidazole rings is 2. The molecule has 0 bridgehead atoms. The van der Waals surface area contributed by atoms with E-state index in [0.29, 0.717) is 0 Å². The Morgan fingerprint density at radius 1 is 0.911 bits per heavy atom. The summed E-state index contributed by atoms with van der Waals surface area (Å²) in [6.07, 6.45) is -9.61. The van der Waals surface area contributed by atoms with E-state index in [1.165, 1.54) is 21.8 Å². The highest BCUT2D eigenvalue weighted by Gasteiger charge is 2.52. The van der Waals surface area contributed by atoms with Gasteiger partial charge in [0.1, 0.15) is 54.5 Å². The number of hydrogen-bond acceptors (Lipinski definition) is 16. The van der Waals surface area contributed by atoms with Gasteiger partial charge in [0, 0.05) is 0 Å². The highest BCUT2D eigenvalue weighted by Crippen LogP contribution is 2.51. The van der Waals surface area contributed by atoms with Crippen LogP contribution in [0.1, 0.15) is 12.5 Å². The zero-order valence-corrected chi connectivity index (χ0v) is 24.6. The Morgan fingerprint density at radius 2 is 1.49 bits per heavy atom. The van der Waals surface area contributed by atoms with Crippen LogP contribution in [-0.2, 0) is 32.4 Å². The van der Waals surface area contributed by atoms with Gasteiger partial charge >= 0.3 is 7.82 Å². The van der Waals surface area contributed by atoms with Crippen molar-refractivity contribution in [3.05, 3.63) is 25.3 Å². The fourth-order valence-corrected chi connectivity index (χ4v) is 6.32. The smallest absolute Gasteiger partial charge is 0.394 e. The lowest BCUT2D eigenvalue weighted by Crippen LogP contribution is -2.35. The predicted octanol–water partition coefficient (Wildman–Crippen LogP) is -0.394. The van der Waals surface area contributed by atoms with Gasteiger partial charge in [0.05, 0.1) is 25.9 Å². The molecule has 0 spiro atoms. The lowest BCUT2D eigenvalue weighted by molar-refractivity contribution is -0.0645. The average Bonchev–Trinajstić information content (AvgIpc) is 3.76. The van der Waals surface area contributed by atoms with Crippen LogP contribution in [0.4, 0.5) is 20.4 Å². The standard InChI is InChI=1S/C21H26F2N10O10P2/c22-10-8(1-34)41-21(33-6-31-13-17(25)27-4-29-19(13)33)15(10)43-45(37,38)40-2-9-14(39-7-44(35)36)11(23)20(42-9)32-5-30-12-16(24)26-3-28-18(12)32/h3-6,8-11,14-15,20-21,34,44H,1-2,7H2,(H,35,36)(H,37,38)(H2,24,26,28)(H2,25,27,29)/t8-,9-,10?,11?,14?,15?,20-,21-/m1/s1. The second-order valence-corrected chi connectivity index (χ2v) is 12.4. The molecule has 20 nitrogen and oxygen atoms in total. The summed E-state index contributed by atoms with van der Waals surface area (Å²) in [6, 6.07) is 0. The van der Waals surface area contributed by atoms with E-state index < -0.39 is 84.6 Å².